The van der Waals surface area contributed by atoms with E-state index in [-0.39, 0.29) is 30.0 Å². The number of nitrogens with one attached hydrogen (secondary N) is 1. The van der Waals surface area contributed by atoms with Crippen LogP contribution in [0.4, 0.5) is 0 Å². The number of amides is 1. The fraction of sp³-hybridized carbons (Fsp3) is 0.961. The number of hydrogen-bond acceptors (Lipinski definition) is 5. The molecule has 338 valence electrons. The summed E-state index contributed by atoms with van der Waals surface area (Å²) in [5.74, 6) is 1.24. The first-order valence-electron chi connectivity index (χ1n) is 25.7. The minimum absolute atomic E-state index is 0.0353. The van der Waals surface area contributed by atoms with Gasteiger partial charge < -0.3 is 19.7 Å². The lowest BCUT2D eigenvalue weighted by Crippen LogP contribution is -2.32. The van der Waals surface area contributed by atoms with Gasteiger partial charge in [0.1, 0.15) is 6.10 Å². The Labute approximate surface area is 356 Å². The molecule has 1 aliphatic carbocycles. The summed E-state index contributed by atoms with van der Waals surface area (Å²) in [6, 6.07) is 0. The Morgan fingerprint density at radius 1 is 0.526 bits per heavy atom. The maximum atomic E-state index is 12.9. The van der Waals surface area contributed by atoms with E-state index < -0.39 is 0 Å². The number of unbranched alkanes of at least 4 members (excludes halogenated alkanes) is 22. The van der Waals surface area contributed by atoms with E-state index in [1.807, 2.05) is 0 Å². The van der Waals surface area contributed by atoms with Crippen LogP contribution in [0, 0.1) is 11.8 Å². The number of ether oxygens (including phenoxy) is 2. The molecule has 6 nitrogen and oxygen atoms in total. The number of hydrogen-bond donors (Lipinski definition) is 1. The lowest BCUT2D eigenvalue weighted by Gasteiger charge is -2.22. The Kier molecular flexibility index (Phi) is 38.1. The molecule has 0 spiro atoms. The third kappa shape index (κ3) is 33.3. The second-order valence-electron chi connectivity index (χ2n) is 18.3. The van der Waals surface area contributed by atoms with Crippen LogP contribution in [0.15, 0.2) is 0 Å². The zero-order valence-electron chi connectivity index (χ0n) is 39.2. The second kappa shape index (κ2) is 40.3. The van der Waals surface area contributed by atoms with Crippen LogP contribution in [0.1, 0.15) is 259 Å². The van der Waals surface area contributed by atoms with Crippen LogP contribution in [0.25, 0.3) is 0 Å². The smallest absolute Gasteiger partial charge is 0.306 e. The highest BCUT2D eigenvalue weighted by molar-refractivity contribution is 5.82. The second-order valence-corrected chi connectivity index (χ2v) is 18.3. The van der Waals surface area contributed by atoms with Crippen LogP contribution in [0.5, 0.6) is 0 Å². The first-order valence-corrected chi connectivity index (χ1v) is 25.7. The van der Waals surface area contributed by atoms with E-state index in [1.54, 1.807) is 7.11 Å². The molecule has 2 atom stereocenters. The Bertz CT molecular complexity index is 859. The number of carbonyl (C=O) groups is 2. The molecule has 1 saturated carbocycles. The van der Waals surface area contributed by atoms with Gasteiger partial charge in [-0.25, -0.2) is 0 Å². The van der Waals surface area contributed by atoms with Crippen molar-refractivity contribution in [3.8, 4) is 0 Å². The van der Waals surface area contributed by atoms with Crippen LogP contribution < -0.4 is 5.32 Å². The van der Waals surface area contributed by atoms with Gasteiger partial charge in [0, 0.05) is 20.1 Å². The summed E-state index contributed by atoms with van der Waals surface area (Å²) in [7, 11) is 1.70. The summed E-state index contributed by atoms with van der Waals surface area (Å²) in [4.78, 5) is 27.9. The molecule has 0 bridgehead atoms. The average molecular weight is 805 g/mol. The average Bonchev–Trinajstić information content (AvgIpc) is 4.01. The van der Waals surface area contributed by atoms with Crippen LogP contribution in [-0.4, -0.2) is 62.3 Å². The standard InChI is InChI=1S/C51H100N2O4/c1-6-10-14-16-23-29-38-47(39-30-24-17-15-11-7-2)57-50(54)40-31-25-21-27-33-43-53(44-34-41-52-51(55)48-45-49(48)56-5)42-32-26-20-18-19-22-28-37-46(35-12-8-3)36-13-9-4/h46-49H,6-45H2,1-5H3,(H,52,55). The van der Waals surface area contributed by atoms with Crippen LogP contribution in [0.2, 0.25) is 0 Å². The van der Waals surface area contributed by atoms with Crippen molar-refractivity contribution in [2.45, 2.75) is 271 Å². The molecule has 2 unspecified atom stereocenters. The van der Waals surface area contributed by atoms with Crippen molar-refractivity contribution in [3.05, 3.63) is 0 Å². The predicted molar refractivity (Wildman–Crippen MR) is 246 cm³/mol. The molecule has 1 amide bonds. The molecule has 0 aromatic carbocycles. The SMILES string of the molecule is CCCCCCCCC(CCCCCCCC)OC(=O)CCCCCCCN(CCCCCCCCCC(CCCC)CCCC)CCCNC(=O)C1CC1OC. The number of nitrogens with zero attached hydrogens (tertiary/aromatic N) is 1. The van der Waals surface area contributed by atoms with Gasteiger partial charge in [0.05, 0.1) is 12.0 Å². The molecule has 0 aliphatic heterocycles. The fourth-order valence-electron chi connectivity index (χ4n) is 8.71. The van der Waals surface area contributed by atoms with Gasteiger partial charge in [0.25, 0.3) is 0 Å². The molecule has 1 fully saturated rings. The van der Waals surface area contributed by atoms with Crippen molar-refractivity contribution in [2.75, 3.05) is 33.3 Å². The van der Waals surface area contributed by atoms with Crippen molar-refractivity contribution in [1.82, 2.24) is 10.2 Å². The molecule has 0 heterocycles. The van der Waals surface area contributed by atoms with E-state index in [4.69, 9.17) is 9.47 Å². The molecule has 0 saturated heterocycles. The molecule has 0 aromatic rings. The van der Waals surface area contributed by atoms with Gasteiger partial charge in [-0.1, -0.05) is 195 Å². The van der Waals surface area contributed by atoms with E-state index in [0.717, 1.165) is 64.1 Å². The normalized spacial score (nSPS) is 15.3. The van der Waals surface area contributed by atoms with E-state index in [2.05, 4.69) is 37.9 Å². The molecule has 1 rings (SSSR count). The van der Waals surface area contributed by atoms with Gasteiger partial charge in [0.15, 0.2) is 0 Å². The lowest BCUT2D eigenvalue weighted by atomic mass is 9.90. The maximum absolute atomic E-state index is 12.9. The Morgan fingerprint density at radius 3 is 1.44 bits per heavy atom. The lowest BCUT2D eigenvalue weighted by molar-refractivity contribution is -0.150. The molecule has 0 radical (unpaired) electrons. The molecule has 6 heteroatoms. The first kappa shape index (κ1) is 53.9. The summed E-state index contributed by atoms with van der Waals surface area (Å²) in [6.45, 7) is 13.3. The van der Waals surface area contributed by atoms with E-state index in [1.165, 1.54) is 193 Å². The van der Waals surface area contributed by atoms with Gasteiger partial charge >= 0.3 is 5.97 Å². The van der Waals surface area contributed by atoms with Gasteiger partial charge in [-0.3, -0.25) is 9.59 Å². The molecule has 57 heavy (non-hydrogen) atoms. The molecular formula is C51H100N2O4. The van der Waals surface area contributed by atoms with Crippen LogP contribution in [-0.2, 0) is 19.1 Å². The monoisotopic (exact) mass is 805 g/mol. The number of carbonyl (C=O) groups excluding carboxylic acids is 2. The van der Waals surface area contributed by atoms with Crippen molar-refractivity contribution < 1.29 is 19.1 Å². The summed E-state index contributed by atoms with van der Waals surface area (Å²) in [5, 5.41) is 3.16. The zero-order valence-corrected chi connectivity index (χ0v) is 39.2. The largest absolute Gasteiger partial charge is 0.462 e. The molecule has 1 N–H and O–H groups in total. The molecule has 1 aliphatic rings. The Balaban J connectivity index is 2.34. The van der Waals surface area contributed by atoms with Crippen LogP contribution in [0.3, 0.4) is 0 Å². The van der Waals surface area contributed by atoms with Crippen molar-refractivity contribution in [3.63, 3.8) is 0 Å². The molecule has 0 aromatic heterocycles. The summed E-state index contributed by atoms with van der Waals surface area (Å²) < 4.78 is 11.4. The predicted octanol–water partition coefficient (Wildman–Crippen LogP) is 14.7. The third-order valence-electron chi connectivity index (χ3n) is 12.8. The highest BCUT2D eigenvalue weighted by atomic mass is 16.5. The van der Waals surface area contributed by atoms with Crippen molar-refractivity contribution in [1.29, 1.82) is 0 Å². The third-order valence-corrected chi connectivity index (χ3v) is 12.8. The first-order chi connectivity index (χ1) is 28.0. The van der Waals surface area contributed by atoms with Gasteiger partial charge in [-0.05, 0) is 83.3 Å². The number of esters is 1. The van der Waals surface area contributed by atoms with Crippen molar-refractivity contribution >= 4 is 11.9 Å². The van der Waals surface area contributed by atoms with E-state index >= 15 is 0 Å². The fourth-order valence-corrected chi connectivity index (χ4v) is 8.71. The molecular weight excluding hydrogens is 705 g/mol. The summed E-state index contributed by atoms with van der Waals surface area (Å²) in [6.07, 6.45) is 45.4. The Hall–Kier alpha value is -1.14. The Morgan fingerprint density at radius 2 is 0.947 bits per heavy atom. The maximum Gasteiger partial charge on any atom is 0.306 e. The number of methoxy groups -OCH3 is 1. The highest BCUT2D eigenvalue weighted by Gasteiger charge is 2.43. The van der Waals surface area contributed by atoms with Crippen molar-refractivity contribution in [2.24, 2.45) is 11.8 Å². The van der Waals surface area contributed by atoms with E-state index in [9.17, 15) is 9.59 Å². The minimum Gasteiger partial charge on any atom is -0.462 e. The van der Waals surface area contributed by atoms with Gasteiger partial charge in [-0.2, -0.15) is 0 Å². The van der Waals surface area contributed by atoms with Crippen LogP contribution >= 0.6 is 0 Å². The quantitative estimate of drug-likeness (QED) is 0.0490. The zero-order chi connectivity index (χ0) is 41.4. The van der Waals surface area contributed by atoms with Gasteiger partial charge in [0.2, 0.25) is 5.91 Å². The summed E-state index contributed by atoms with van der Waals surface area (Å²) in [5.41, 5.74) is 0. The summed E-state index contributed by atoms with van der Waals surface area (Å²) >= 11 is 0. The minimum atomic E-state index is 0.0353. The van der Waals surface area contributed by atoms with E-state index in [0.29, 0.717) is 6.42 Å². The highest BCUT2D eigenvalue weighted by Crippen LogP contribution is 2.33. The topological polar surface area (TPSA) is 67.9 Å². The number of rotatable bonds is 45. The van der Waals surface area contributed by atoms with Gasteiger partial charge in [-0.15, -0.1) is 0 Å².